The number of benzene rings is 1. The summed E-state index contributed by atoms with van der Waals surface area (Å²) in [5.41, 5.74) is 2.61. The molecule has 136 valence electrons. The molecule has 0 bridgehead atoms. The van der Waals surface area contributed by atoms with Gasteiger partial charge in [0.2, 0.25) is 0 Å². The minimum absolute atomic E-state index is 0.00514. The van der Waals surface area contributed by atoms with E-state index in [9.17, 15) is 13.2 Å². The van der Waals surface area contributed by atoms with Crippen molar-refractivity contribution < 1.29 is 13.2 Å². The van der Waals surface area contributed by atoms with Gasteiger partial charge in [0.1, 0.15) is 0 Å². The van der Waals surface area contributed by atoms with Crippen LogP contribution >= 0.6 is 0 Å². The fourth-order valence-electron chi connectivity index (χ4n) is 3.53. The van der Waals surface area contributed by atoms with Crippen molar-refractivity contribution in [3.8, 4) is 0 Å². The molecular formula is C18H20N4O3S. The Kier molecular flexibility index (Phi) is 4.36. The van der Waals surface area contributed by atoms with Crippen LogP contribution in [0.4, 0.5) is 11.5 Å². The summed E-state index contributed by atoms with van der Waals surface area (Å²) in [7, 11) is -3.03. The van der Waals surface area contributed by atoms with Crippen LogP contribution < -0.4 is 10.2 Å². The van der Waals surface area contributed by atoms with Gasteiger partial charge in [0.05, 0.1) is 11.5 Å². The monoisotopic (exact) mass is 372 g/mol. The minimum atomic E-state index is -3.03. The first-order valence-electron chi connectivity index (χ1n) is 8.72. The second-order valence-corrected chi connectivity index (χ2v) is 8.96. The number of nitrogens with one attached hydrogen (secondary N) is 1. The molecule has 7 nitrogen and oxygen atoms in total. The summed E-state index contributed by atoms with van der Waals surface area (Å²) in [6, 6.07) is 11.3. The van der Waals surface area contributed by atoms with E-state index < -0.39 is 9.84 Å². The molecule has 1 unspecified atom stereocenters. The highest BCUT2D eigenvalue weighted by atomic mass is 32.2. The van der Waals surface area contributed by atoms with Gasteiger partial charge >= 0.3 is 0 Å². The lowest BCUT2D eigenvalue weighted by Crippen LogP contribution is -2.36. The Labute approximate surface area is 152 Å². The Morgan fingerprint density at radius 3 is 2.73 bits per heavy atom. The van der Waals surface area contributed by atoms with Crippen molar-refractivity contribution in [3.63, 3.8) is 0 Å². The number of aromatic nitrogens is 2. The van der Waals surface area contributed by atoms with Crippen LogP contribution in [0.25, 0.3) is 0 Å². The highest BCUT2D eigenvalue weighted by Crippen LogP contribution is 2.31. The molecule has 3 heterocycles. The highest BCUT2D eigenvalue weighted by molar-refractivity contribution is 7.91. The molecular weight excluding hydrogens is 352 g/mol. The van der Waals surface area contributed by atoms with Gasteiger partial charge in [0, 0.05) is 18.3 Å². The Bertz CT molecular complexity index is 928. The van der Waals surface area contributed by atoms with Crippen molar-refractivity contribution in [3.05, 3.63) is 47.7 Å². The molecule has 1 atom stereocenters. The minimum Gasteiger partial charge on any atom is -0.347 e. The van der Waals surface area contributed by atoms with Gasteiger partial charge < -0.3 is 10.2 Å². The molecule has 0 aliphatic carbocycles. The fourth-order valence-corrected chi connectivity index (χ4v) is 5.20. The second kappa shape index (κ2) is 6.68. The highest BCUT2D eigenvalue weighted by Gasteiger charge is 2.29. The summed E-state index contributed by atoms with van der Waals surface area (Å²) in [6.45, 7) is 0.858. The number of carbonyl (C=O) groups is 1. The van der Waals surface area contributed by atoms with Gasteiger partial charge in [-0.25, -0.2) is 8.42 Å². The molecule has 4 rings (SSSR count). The molecule has 1 fully saturated rings. The molecule has 0 radical (unpaired) electrons. The number of hydrogen-bond acceptors (Lipinski definition) is 6. The Hall–Kier alpha value is -2.48. The number of sulfone groups is 1. The van der Waals surface area contributed by atoms with Crippen LogP contribution in [0.5, 0.6) is 0 Å². The van der Waals surface area contributed by atoms with Gasteiger partial charge in [0.25, 0.3) is 5.91 Å². The summed E-state index contributed by atoms with van der Waals surface area (Å²) in [5.74, 6) is 0.438. The number of rotatable bonds is 3. The maximum Gasteiger partial charge on any atom is 0.272 e. The standard InChI is InChI=1S/C18H20N4O3S/c23-18(19-14-9-11-26(24,25)12-14)15-7-8-17(21-20-15)22-10-3-5-13-4-1-2-6-16(13)22/h1-2,4,6-8,14H,3,5,9-12H2,(H,19,23). The summed E-state index contributed by atoms with van der Waals surface area (Å²) in [4.78, 5) is 14.4. The first-order valence-corrected chi connectivity index (χ1v) is 10.5. The summed E-state index contributed by atoms with van der Waals surface area (Å²) < 4.78 is 23.0. The third kappa shape index (κ3) is 3.41. The van der Waals surface area contributed by atoms with Gasteiger partial charge in [-0.05, 0) is 43.0 Å². The average molecular weight is 372 g/mol. The number of nitrogens with zero attached hydrogens (tertiary/aromatic N) is 3. The van der Waals surface area contributed by atoms with Crippen LogP contribution in [0.15, 0.2) is 36.4 Å². The number of anilines is 2. The van der Waals surface area contributed by atoms with E-state index in [-0.39, 0.29) is 29.1 Å². The lowest BCUT2D eigenvalue weighted by molar-refractivity contribution is 0.0935. The molecule has 1 amide bonds. The van der Waals surface area contributed by atoms with Gasteiger partial charge in [0.15, 0.2) is 21.3 Å². The molecule has 0 spiro atoms. The molecule has 1 N–H and O–H groups in total. The maximum atomic E-state index is 12.3. The molecule has 2 aromatic rings. The number of para-hydroxylation sites is 1. The Morgan fingerprint density at radius 2 is 2.00 bits per heavy atom. The lowest BCUT2D eigenvalue weighted by Gasteiger charge is -2.29. The number of carbonyl (C=O) groups excluding carboxylic acids is 1. The van der Waals surface area contributed by atoms with Crippen LogP contribution in [0.3, 0.4) is 0 Å². The van der Waals surface area contributed by atoms with E-state index in [1.54, 1.807) is 12.1 Å². The van der Waals surface area contributed by atoms with Crippen molar-refractivity contribution >= 4 is 27.2 Å². The van der Waals surface area contributed by atoms with Gasteiger partial charge in [-0.1, -0.05) is 18.2 Å². The summed E-state index contributed by atoms with van der Waals surface area (Å²) in [5, 5.41) is 11.0. The van der Waals surface area contributed by atoms with Crippen LogP contribution in [0.1, 0.15) is 28.9 Å². The zero-order valence-electron chi connectivity index (χ0n) is 14.3. The van der Waals surface area contributed by atoms with E-state index in [0.29, 0.717) is 12.2 Å². The average Bonchev–Trinajstić information content (AvgIpc) is 2.99. The molecule has 1 aromatic carbocycles. The van der Waals surface area contributed by atoms with Gasteiger partial charge in [-0.15, -0.1) is 10.2 Å². The van der Waals surface area contributed by atoms with Gasteiger partial charge in [-0.2, -0.15) is 0 Å². The Morgan fingerprint density at radius 1 is 1.15 bits per heavy atom. The Balaban J connectivity index is 1.48. The lowest BCUT2D eigenvalue weighted by atomic mass is 10.0. The maximum absolute atomic E-state index is 12.3. The molecule has 1 saturated heterocycles. The number of hydrogen-bond donors (Lipinski definition) is 1. The molecule has 1 aromatic heterocycles. The smallest absolute Gasteiger partial charge is 0.272 e. The fraction of sp³-hybridized carbons (Fsp3) is 0.389. The second-order valence-electron chi connectivity index (χ2n) is 6.73. The molecule has 8 heteroatoms. The molecule has 0 saturated carbocycles. The van der Waals surface area contributed by atoms with E-state index in [1.165, 1.54) is 5.56 Å². The summed E-state index contributed by atoms with van der Waals surface area (Å²) in [6.07, 6.45) is 2.53. The van der Waals surface area contributed by atoms with Crippen molar-refractivity contribution in [2.24, 2.45) is 0 Å². The van der Waals surface area contributed by atoms with E-state index in [4.69, 9.17) is 0 Å². The van der Waals surface area contributed by atoms with Crippen molar-refractivity contribution in [1.29, 1.82) is 0 Å². The normalized spacial score (nSPS) is 21.2. The number of fused-ring (bicyclic) bond motifs is 1. The van der Waals surface area contributed by atoms with Crippen molar-refractivity contribution in [2.75, 3.05) is 23.0 Å². The topological polar surface area (TPSA) is 92.3 Å². The van der Waals surface area contributed by atoms with Crippen LogP contribution in [0.2, 0.25) is 0 Å². The predicted octanol–water partition coefficient (Wildman–Crippen LogP) is 1.48. The van der Waals surface area contributed by atoms with E-state index in [0.717, 1.165) is 25.1 Å². The number of amides is 1. The van der Waals surface area contributed by atoms with E-state index in [1.807, 2.05) is 12.1 Å². The van der Waals surface area contributed by atoms with Crippen LogP contribution in [-0.4, -0.2) is 48.6 Å². The zero-order chi connectivity index (χ0) is 18.1. The molecule has 2 aliphatic rings. The van der Waals surface area contributed by atoms with E-state index >= 15 is 0 Å². The molecule has 2 aliphatic heterocycles. The quantitative estimate of drug-likeness (QED) is 0.877. The van der Waals surface area contributed by atoms with E-state index in [2.05, 4.69) is 32.5 Å². The SMILES string of the molecule is O=C(NC1CCS(=O)(=O)C1)c1ccc(N2CCCc3ccccc32)nn1. The first-order chi connectivity index (χ1) is 12.5. The van der Waals surface area contributed by atoms with Crippen LogP contribution in [0, 0.1) is 0 Å². The largest absolute Gasteiger partial charge is 0.347 e. The van der Waals surface area contributed by atoms with Crippen LogP contribution in [-0.2, 0) is 16.3 Å². The third-order valence-corrected chi connectivity index (χ3v) is 6.61. The number of aryl methyl sites for hydroxylation is 1. The van der Waals surface area contributed by atoms with Crippen molar-refractivity contribution in [2.45, 2.75) is 25.3 Å². The molecule has 26 heavy (non-hydrogen) atoms. The first kappa shape index (κ1) is 17.0. The van der Waals surface area contributed by atoms with Gasteiger partial charge in [-0.3, -0.25) is 4.79 Å². The predicted molar refractivity (Wildman–Crippen MR) is 98.3 cm³/mol. The summed E-state index contributed by atoms with van der Waals surface area (Å²) >= 11 is 0. The van der Waals surface area contributed by atoms with Crippen molar-refractivity contribution in [1.82, 2.24) is 15.5 Å². The third-order valence-electron chi connectivity index (χ3n) is 4.84. The zero-order valence-corrected chi connectivity index (χ0v) is 15.1.